The van der Waals surface area contributed by atoms with Gasteiger partial charge in [-0.05, 0) is 17.7 Å². The van der Waals surface area contributed by atoms with E-state index in [1.54, 1.807) is 24.4 Å². The number of carbonyl (C=O) groups excluding carboxylic acids is 1. The minimum absolute atomic E-state index is 0.232. The first-order chi connectivity index (χ1) is 12.1. The van der Waals surface area contributed by atoms with Gasteiger partial charge >= 0.3 is 0 Å². The number of carbonyl (C=O) groups is 1. The molecule has 0 aliphatic rings. The molecule has 2 aromatic carbocycles. The molecule has 0 fully saturated rings. The van der Waals surface area contributed by atoms with Crippen molar-refractivity contribution in [1.82, 2.24) is 14.9 Å². The summed E-state index contributed by atoms with van der Waals surface area (Å²) in [6.07, 6.45) is 4.19. The summed E-state index contributed by atoms with van der Waals surface area (Å²) >= 11 is 12.2. The first-order valence-electron chi connectivity index (χ1n) is 7.82. The molecular formula is C19H17Cl2N3O. The number of halogens is 2. The van der Waals surface area contributed by atoms with Gasteiger partial charge < -0.3 is 9.88 Å². The summed E-state index contributed by atoms with van der Waals surface area (Å²) in [4.78, 5) is 17.1. The van der Waals surface area contributed by atoms with Gasteiger partial charge in [-0.2, -0.15) is 0 Å². The summed E-state index contributed by atoms with van der Waals surface area (Å²) in [6, 6.07) is 14.6. The van der Waals surface area contributed by atoms with E-state index in [4.69, 9.17) is 23.2 Å². The summed E-state index contributed by atoms with van der Waals surface area (Å²) in [5.74, 6) is 0.613. The topological polar surface area (TPSA) is 46.9 Å². The Balaban J connectivity index is 1.88. The Labute approximate surface area is 156 Å². The number of imidazole rings is 1. The van der Waals surface area contributed by atoms with Crippen LogP contribution in [0.4, 0.5) is 0 Å². The number of nitrogens with one attached hydrogen (secondary N) is 1. The predicted molar refractivity (Wildman–Crippen MR) is 100 cm³/mol. The van der Waals surface area contributed by atoms with Gasteiger partial charge in [0.15, 0.2) is 0 Å². The van der Waals surface area contributed by atoms with Crippen molar-refractivity contribution >= 4 is 29.1 Å². The van der Waals surface area contributed by atoms with Crippen molar-refractivity contribution < 1.29 is 4.79 Å². The molecule has 4 nitrogen and oxygen atoms in total. The van der Waals surface area contributed by atoms with Crippen LogP contribution in [0.15, 0.2) is 60.9 Å². The van der Waals surface area contributed by atoms with Crippen LogP contribution in [0.25, 0.3) is 0 Å². The highest BCUT2D eigenvalue weighted by Gasteiger charge is 2.20. The SMILES string of the molecule is Cn1ccnc1C[C@H](NC(=O)c1cccc(Cl)c1Cl)c1ccccc1. The zero-order valence-electron chi connectivity index (χ0n) is 13.6. The Morgan fingerprint density at radius 3 is 2.60 bits per heavy atom. The average Bonchev–Trinajstić information content (AvgIpc) is 3.02. The lowest BCUT2D eigenvalue weighted by Gasteiger charge is -2.20. The first-order valence-corrected chi connectivity index (χ1v) is 8.58. The zero-order valence-corrected chi connectivity index (χ0v) is 15.1. The van der Waals surface area contributed by atoms with E-state index in [1.807, 2.05) is 48.1 Å². The van der Waals surface area contributed by atoms with E-state index in [2.05, 4.69) is 10.3 Å². The summed E-state index contributed by atoms with van der Waals surface area (Å²) in [6.45, 7) is 0. The lowest BCUT2D eigenvalue weighted by molar-refractivity contribution is 0.0936. The number of aryl methyl sites for hydroxylation is 1. The minimum atomic E-state index is -0.268. The third-order valence-corrected chi connectivity index (χ3v) is 4.83. The summed E-state index contributed by atoms with van der Waals surface area (Å²) in [5, 5.41) is 3.66. The van der Waals surface area contributed by atoms with Crippen molar-refractivity contribution in [2.45, 2.75) is 12.5 Å². The molecular weight excluding hydrogens is 357 g/mol. The van der Waals surface area contributed by atoms with Gasteiger partial charge in [-0.3, -0.25) is 4.79 Å². The molecule has 0 spiro atoms. The molecule has 0 radical (unpaired) electrons. The number of hydrogen-bond acceptors (Lipinski definition) is 2. The van der Waals surface area contributed by atoms with Crippen LogP contribution in [-0.4, -0.2) is 15.5 Å². The number of benzene rings is 2. The molecule has 0 saturated carbocycles. The highest BCUT2D eigenvalue weighted by molar-refractivity contribution is 6.43. The van der Waals surface area contributed by atoms with Crippen LogP contribution in [0.3, 0.4) is 0 Å². The molecule has 0 bridgehead atoms. The lowest BCUT2D eigenvalue weighted by Crippen LogP contribution is -2.30. The smallest absolute Gasteiger partial charge is 0.253 e. The van der Waals surface area contributed by atoms with Crippen molar-refractivity contribution in [3.63, 3.8) is 0 Å². The maximum absolute atomic E-state index is 12.7. The van der Waals surface area contributed by atoms with Crippen LogP contribution in [-0.2, 0) is 13.5 Å². The van der Waals surface area contributed by atoms with Gasteiger partial charge in [0.2, 0.25) is 0 Å². The summed E-state index contributed by atoms with van der Waals surface area (Å²) < 4.78 is 1.94. The fourth-order valence-corrected chi connectivity index (χ4v) is 3.01. The summed E-state index contributed by atoms with van der Waals surface area (Å²) in [7, 11) is 1.93. The Morgan fingerprint density at radius 1 is 1.16 bits per heavy atom. The Hall–Kier alpha value is -2.30. The van der Waals surface area contributed by atoms with E-state index in [1.165, 1.54) is 0 Å². The van der Waals surface area contributed by atoms with Gasteiger partial charge in [0.05, 0.1) is 21.7 Å². The Bertz CT molecular complexity index is 877. The molecule has 1 aromatic heterocycles. The van der Waals surface area contributed by atoms with Crippen LogP contribution < -0.4 is 5.32 Å². The second-order valence-corrected chi connectivity index (χ2v) is 6.48. The number of nitrogens with zero attached hydrogens (tertiary/aromatic N) is 2. The molecule has 0 saturated heterocycles. The third kappa shape index (κ3) is 4.03. The fraction of sp³-hybridized carbons (Fsp3) is 0.158. The summed E-state index contributed by atoms with van der Waals surface area (Å²) in [5.41, 5.74) is 1.35. The third-order valence-electron chi connectivity index (χ3n) is 4.01. The second-order valence-electron chi connectivity index (χ2n) is 5.70. The normalized spacial score (nSPS) is 12.0. The van der Waals surface area contributed by atoms with Crippen molar-refractivity contribution in [2.24, 2.45) is 7.05 Å². The van der Waals surface area contributed by atoms with Crippen molar-refractivity contribution in [1.29, 1.82) is 0 Å². The fourth-order valence-electron chi connectivity index (χ4n) is 2.63. The van der Waals surface area contributed by atoms with Crippen LogP contribution in [0.2, 0.25) is 10.0 Å². The minimum Gasteiger partial charge on any atom is -0.345 e. The maximum Gasteiger partial charge on any atom is 0.253 e. The van der Waals surface area contributed by atoms with Crippen molar-refractivity contribution in [3.8, 4) is 0 Å². The monoisotopic (exact) mass is 373 g/mol. The van der Waals surface area contributed by atoms with E-state index in [0.29, 0.717) is 17.0 Å². The van der Waals surface area contributed by atoms with Gasteiger partial charge in [0, 0.05) is 25.9 Å². The van der Waals surface area contributed by atoms with Gasteiger partial charge in [-0.1, -0.05) is 59.6 Å². The molecule has 0 aliphatic heterocycles. The van der Waals surface area contributed by atoms with Gasteiger partial charge in [0.25, 0.3) is 5.91 Å². The standard InChI is InChI=1S/C19H17Cl2N3O/c1-24-11-10-22-17(24)12-16(13-6-3-2-4-7-13)23-19(25)14-8-5-9-15(20)18(14)21/h2-11,16H,12H2,1H3,(H,23,25)/t16-/m0/s1. The quantitative estimate of drug-likeness (QED) is 0.718. The first kappa shape index (κ1) is 17.5. The highest BCUT2D eigenvalue weighted by atomic mass is 35.5. The number of hydrogen-bond donors (Lipinski definition) is 1. The number of amides is 1. The Kier molecular flexibility index (Phi) is 5.41. The average molecular weight is 374 g/mol. The van der Waals surface area contributed by atoms with Crippen LogP contribution in [0.1, 0.15) is 27.8 Å². The van der Waals surface area contributed by atoms with Gasteiger partial charge in [-0.15, -0.1) is 0 Å². The number of aromatic nitrogens is 2. The van der Waals surface area contributed by atoms with Crippen LogP contribution >= 0.6 is 23.2 Å². The molecule has 0 unspecified atom stereocenters. The molecule has 6 heteroatoms. The van der Waals surface area contributed by atoms with E-state index in [9.17, 15) is 4.79 Å². The zero-order chi connectivity index (χ0) is 17.8. The van der Waals surface area contributed by atoms with Gasteiger partial charge in [0.1, 0.15) is 5.82 Å². The molecule has 3 aromatic rings. The predicted octanol–water partition coefficient (Wildman–Crippen LogP) is 4.44. The molecule has 128 valence electrons. The largest absolute Gasteiger partial charge is 0.345 e. The Morgan fingerprint density at radius 2 is 1.92 bits per heavy atom. The van der Waals surface area contributed by atoms with Crippen molar-refractivity contribution in [3.05, 3.63) is 87.9 Å². The van der Waals surface area contributed by atoms with E-state index in [0.717, 1.165) is 11.4 Å². The maximum atomic E-state index is 12.7. The molecule has 1 N–H and O–H groups in total. The highest BCUT2D eigenvalue weighted by Crippen LogP contribution is 2.26. The van der Waals surface area contributed by atoms with E-state index >= 15 is 0 Å². The molecule has 0 aliphatic carbocycles. The molecule has 1 amide bonds. The van der Waals surface area contributed by atoms with E-state index in [-0.39, 0.29) is 17.0 Å². The van der Waals surface area contributed by atoms with Crippen LogP contribution in [0, 0.1) is 0 Å². The second kappa shape index (κ2) is 7.72. The lowest BCUT2D eigenvalue weighted by atomic mass is 10.0. The molecule has 25 heavy (non-hydrogen) atoms. The number of rotatable bonds is 5. The molecule has 1 heterocycles. The van der Waals surface area contributed by atoms with E-state index < -0.39 is 0 Å². The molecule has 3 rings (SSSR count). The van der Waals surface area contributed by atoms with Gasteiger partial charge in [-0.25, -0.2) is 4.98 Å². The van der Waals surface area contributed by atoms with Crippen LogP contribution in [0.5, 0.6) is 0 Å². The molecule has 1 atom stereocenters. The van der Waals surface area contributed by atoms with Crippen molar-refractivity contribution in [2.75, 3.05) is 0 Å².